The van der Waals surface area contributed by atoms with E-state index in [0.717, 1.165) is 5.56 Å². The van der Waals surface area contributed by atoms with E-state index in [1.54, 1.807) is 0 Å². The molecule has 1 aliphatic rings. The van der Waals surface area contributed by atoms with Gasteiger partial charge >= 0.3 is 6.03 Å². The van der Waals surface area contributed by atoms with Crippen molar-refractivity contribution in [2.45, 2.75) is 45.4 Å². The van der Waals surface area contributed by atoms with Gasteiger partial charge in [-0.25, -0.2) is 4.79 Å². The average Bonchev–Trinajstić information content (AvgIpc) is 2.38. The predicted octanol–water partition coefficient (Wildman–Crippen LogP) is 2.01. The van der Waals surface area contributed by atoms with Crippen LogP contribution in [0.1, 0.15) is 38.8 Å². The van der Waals surface area contributed by atoms with Gasteiger partial charge in [-0.05, 0) is 26.3 Å². The van der Waals surface area contributed by atoms with Gasteiger partial charge in [0.2, 0.25) is 5.91 Å². The van der Waals surface area contributed by atoms with Crippen LogP contribution in [0.25, 0.3) is 0 Å². The van der Waals surface area contributed by atoms with E-state index in [9.17, 15) is 9.59 Å². The molecule has 0 aliphatic carbocycles. The first-order chi connectivity index (χ1) is 9.49. The van der Waals surface area contributed by atoms with Crippen molar-refractivity contribution in [2.75, 3.05) is 0 Å². The van der Waals surface area contributed by atoms with Gasteiger partial charge in [-0.3, -0.25) is 15.0 Å². The Kier molecular flexibility index (Phi) is 4.39. The van der Waals surface area contributed by atoms with Gasteiger partial charge < -0.3 is 5.32 Å². The van der Waals surface area contributed by atoms with Gasteiger partial charge in [0.1, 0.15) is 0 Å². The molecular formula is C15H21N3O2. The minimum Gasteiger partial charge on any atom is -0.322 e. The third-order valence-electron chi connectivity index (χ3n) is 3.43. The highest BCUT2D eigenvalue weighted by Crippen LogP contribution is 2.15. The molecule has 0 bridgehead atoms. The highest BCUT2D eigenvalue weighted by Gasteiger charge is 2.33. The summed E-state index contributed by atoms with van der Waals surface area (Å²) >= 11 is 0. The lowest BCUT2D eigenvalue weighted by atomic mass is 10.1. The van der Waals surface area contributed by atoms with Crippen LogP contribution in [0.5, 0.6) is 0 Å². The Hall–Kier alpha value is -1.88. The highest BCUT2D eigenvalue weighted by molar-refractivity contribution is 5.97. The molecule has 1 saturated heterocycles. The van der Waals surface area contributed by atoms with Gasteiger partial charge in [0.05, 0.1) is 12.6 Å². The molecule has 2 atom stereocenters. The molecule has 1 heterocycles. The fraction of sp³-hybridized carbons (Fsp3) is 0.467. The second-order valence-corrected chi connectivity index (χ2v) is 5.36. The Morgan fingerprint density at radius 3 is 2.40 bits per heavy atom. The molecule has 1 aromatic carbocycles. The number of nitrogens with zero attached hydrogens (tertiary/aromatic N) is 1. The first kappa shape index (κ1) is 14.5. The fourth-order valence-electron chi connectivity index (χ4n) is 2.42. The SMILES string of the molecule is CC(NC1CC(=O)N(C(C)C)C(=O)N1)c1ccccc1. The van der Waals surface area contributed by atoms with Crippen molar-refractivity contribution in [1.82, 2.24) is 15.5 Å². The standard InChI is InChI=1S/C15H21N3O2/c1-10(2)18-14(19)9-13(17-15(18)20)16-11(3)12-7-5-4-6-8-12/h4-8,10-11,13,16H,9H2,1-3H3,(H,17,20). The van der Waals surface area contributed by atoms with Crippen molar-refractivity contribution in [1.29, 1.82) is 0 Å². The van der Waals surface area contributed by atoms with E-state index < -0.39 is 0 Å². The fourth-order valence-corrected chi connectivity index (χ4v) is 2.42. The van der Waals surface area contributed by atoms with Crippen LogP contribution in [0, 0.1) is 0 Å². The Labute approximate surface area is 119 Å². The molecule has 2 N–H and O–H groups in total. The molecule has 0 aromatic heterocycles. The van der Waals surface area contributed by atoms with Gasteiger partial charge in [0, 0.05) is 12.1 Å². The number of carbonyl (C=O) groups excluding carboxylic acids is 2. The summed E-state index contributed by atoms with van der Waals surface area (Å²) in [6, 6.07) is 9.57. The van der Waals surface area contributed by atoms with Crippen LogP contribution >= 0.6 is 0 Å². The number of carbonyl (C=O) groups is 2. The Bertz CT molecular complexity index is 469. The first-order valence-corrected chi connectivity index (χ1v) is 6.92. The predicted molar refractivity (Wildman–Crippen MR) is 76.9 cm³/mol. The maximum Gasteiger partial charge on any atom is 0.325 e. The van der Waals surface area contributed by atoms with E-state index in [0.29, 0.717) is 0 Å². The van der Waals surface area contributed by atoms with Crippen LogP contribution in [0.4, 0.5) is 4.79 Å². The van der Waals surface area contributed by atoms with E-state index in [-0.39, 0.29) is 36.6 Å². The number of imide groups is 1. The molecule has 1 aromatic rings. The quantitative estimate of drug-likeness (QED) is 0.883. The zero-order chi connectivity index (χ0) is 14.7. The molecule has 3 amide bonds. The van der Waals surface area contributed by atoms with Gasteiger partial charge in [-0.2, -0.15) is 0 Å². The monoisotopic (exact) mass is 275 g/mol. The molecule has 20 heavy (non-hydrogen) atoms. The zero-order valence-electron chi connectivity index (χ0n) is 12.1. The number of benzene rings is 1. The minimum atomic E-state index is -0.325. The molecular weight excluding hydrogens is 254 g/mol. The van der Waals surface area contributed by atoms with E-state index in [1.165, 1.54) is 4.90 Å². The summed E-state index contributed by atoms with van der Waals surface area (Å²) in [7, 11) is 0. The smallest absolute Gasteiger partial charge is 0.322 e. The average molecular weight is 275 g/mol. The van der Waals surface area contributed by atoms with Crippen molar-refractivity contribution in [2.24, 2.45) is 0 Å². The van der Waals surface area contributed by atoms with Crippen LogP contribution in [0.3, 0.4) is 0 Å². The van der Waals surface area contributed by atoms with Crippen LogP contribution in [0.15, 0.2) is 30.3 Å². The van der Waals surface area contributed by atoms with Crippen LogP contribution < -0.4 is 10.6 Å². The van der Waals surface area contributed by atoms with Crippen LogP contribution in [-0.2, 0) is 4.79 Å². The van der Waals surface area contributed by atoms with Gasteiger partial charge in [0.25, 0.3) is 0 Å². The van der Waals surface area contributed by atoms with Crippen molar-refractivity contribution in [3.63, 3.8) is 0 Å². The van der Waals surface area contributed by atoms with E-state index in [1.807, 2.05) is 51.1 Å². The first-order valence-electron chi connectivity index (χ1n) is 6.92. The summed E-state index contributed by atoms with van der Waals surface area (Å²) < 4.78 is 0. The number of amides is 3. The number of urea groups is 1. The molecule has 1 fully saturated rings. The Balaban J connectivity index is 1.99. The maximum atomic E-state index is 12.0. The molecule has 2 unspecified atom stereocenters. The lowest BCUT2D eigenvalue weighted by molar-refractivity contribution is -0.131. The van der Waals surface area contributed by atoms with Crippen molar-refractivity contribution < 1.29 is 9.59 Å². The molecule has 0 spiro atoms. The Morgan fingerprint density at radius 2 is 1.85 bits per heavy atom. The number of nitrogens with one attached hydrogen (secondary N) is 2. The molecule has 0 radical (unpaired) electrons. The van der Waals surface area contributed by atoms with Crippen molar-refractivity contribution in [3.8, 4) is 0 Å². The van der Waals surface area contributed by atoms with Gasteiger partial charge in [-0.15, -0.1) is 0 Å². The Morgan fingerprint density at radius 1 is 1.20 bits per heavy atom. The van der Waals surface area contributed by atoms with Crippen LogP contribution in [-0.4, -0.2) is 29.0 Å². The minimum absolute atomic E-state index is 0.0694. The summed E-state index contributed by atoms with van der Waals surface area (Å²) in [4.78, 5) is 25.2. The second kappa shape index (κ2) is 6.05. The highest BCUT2D eigenvalue weighted by atomic mass is 16.2. The summed E-state index contributed by atoms with van der Waals surface area (Å²) in [6.07, 6.45) is -0.0404. The number of hydrogen-bond donors (Lipinski definition) is 2. The van der Waals surface area contributed by atoms with Gasteiger partial charge in [0.15, 0.2) is 0 Å². The largest absolute Gasteiger partial charge is 0.325 e. The lowest BCUT2D eigenvalue weighted by Gasteiger charge is -2.35. The second-order valence-electron chi connectivity index (χ2n) is 5.36. The normalized spacial score (nSPS) is 21.0. The maximum absolute atomic E-state index is 12.0. The summed E-state index contributed by atoms with van der Waals surface area (Å²) in [6.45, 7) is 5.68. The lowest BCUT2D eigenvalue weighted by Crippen LogP contribution is -2.61. The molecule has 5 nitrogen and oxygen atoms in total. The summed E-state index contributed by atoms with van der Waals surface area (Å²) in [5.41, 5.74) is 1.13. The van der Waals surface area contributed by atoms with E-state index in [2.05, 4.69) is 10.6 Å². The molecule has 2 rings (SSSR count). The van der Waals surface area contributed by atoms with E-state index >= 15 is 0 Å². The zero-order valence-corrected chi connectivity index (χ0v) is 12.1. The molecule has 0 saturated carbocycles. The summed E-state index contributed by atoms with van der Waals surface area (Å²) in [5.74, 6) is -0.137. The third-order valence-corrected chi connectivity index (χ3v) is 3.43. The van der Waals surface area contributed by atoms with Crippen LogP contribution in [0.2, 0.25) is 0 Å². The molecule has 108 valence electrons. The molecule has 5 heteroatoms. The van der Waals surface area contributed by atoms with Gasteiger partial charge in [-0.1, -0.05) is 30.3 Å². The van der Waals surface area contributed by atoms with Crippen molar-refractivity contribution in [3.05, 3.63) is 35.9 Å². The topological polar surface area (TPSA) is 61.4 Å². The van der Waals surface area contributed by atoms with E-state index in [4.69, 9.17) is 0 Å². The number of hydrogen-bond acceptors (Lipinski definition) is 3. The third kappa shape index (κ3) is 3.17. The van der Waals surface area contributed by atoms with Crippen molar-refractivity contribution >= 4 is 11.9 Å². The molecule has 1 aliphatic heterocycles. The number of rotatable bonds is 4. The summed E-state index contributed by atoms with van der Waals surface area (Å²) in [5, 5.41) is 6.11.